The van der Waals surface area contributed by atoms with Gasteiger partial charge in [0.1, 0.15) is 34.5 Å². The summed E-state index contributed by atoms with van der Waals surface area (Å²) in [5.74, 6) is 3.43. The number of hydrogen-bond acceptors (Lipinski definition) is 9. The predicted molar refractivity (Wildman–Crippen MR) is 166 cm³/mol. The van der Waals surface area contributed by atoms with Crippen LogP contribution in [0.25, 0.3) is 22.3 Å². The van der Waals surface area contributed by atoms with Crippen LogP contribution in [0.2, 0.25) is 0 Å². The Balaban J connectivity index is 1.79. The van der Waals surface area contributed by atoms with Gasteiger partial charge < -0.3 is 39.1 Å². The van der Waals surface area contributed by atoms with E-state index >= 15 is 0 Å². The second-order valence-electron chi connectivity index (χ2n) is 9.16. The molecular weight excluding hydrogens is 536 g/mol. The molecule has 0 atom stereocenters. The van der Waals surface area contributed by atoms with Crippen molar-refractivity contribution in [2.75, 3.05) is 67.4 Å². The Hall–Kier alpha value is -5.05. The summed E-state index contributed by atoms with van der Waals surface area (Å²) in [6.45, 7) is 0. The average Bonchev–Trinajstić information content (AvgIpc) is 3.05. The lowest BCUT2D eigenvalue weighted by Crippen LogP contribution is -2.09. The molecule has 4 aromatic carbocycles. The third kappa shape index (κ3) is 5.58. The van der Waals surface area contributed by atoms with Crippen molar-refractivity contribution >= 4 is 17.2 Å². The second-order valence-corrected chi connectivity index (χ2v) is 9.16. The minimum Gasteiger partial charge on any atom is -0.496 e. The van der Waals surface area contributed by atoms with Crippen LogP contribution in [0.15, 0.2) is 60.7 Å². The molecule has 9 heteroatoms. The Kier molecular flexibility index (Phi) is 9.32. The Morgan fingerprint density at radius 2 is 0.833 bits per heavy atom. The maximum absolute atomic E-state index is 13.9. The topological polar surface area (TPSA) is 96.5 Å². The van der Waals surface area contributed by atoms with Crippen LogP contribution >= 0.6 is 0 Å². The summed E-state index contributed by atoms with van der Waals surface area (Å²) in [5, 5.41) is 6.35. The molecule has 0 aliphatic rings. The number of carbonyl (C=O) groups is 1. The van der Waals surface area contributed by atoms with Crippen molar-refractivity contribution in [3.63, 3.8) is 0 Å². The molecule has 0 radical (unpaired) electrons. The van der Waals surface area contributed by atoms with E-state index in [2.05, 4.69) is 10.6 Å². The standard InChI is InChI=1S/C33H36N2O7/c1-34-25-13-19(31-27(39-5)15-21(37-3)16-28(31)40-6)9-11-23(25)33(36)24-12-10-20(14-26(24)35-2)32-29(41-7)17-22(38-4)18-30(32)42-8/h9-18,34-35H,1-8H3. The van der Waals surface area contributed by atoms with E-state index in [9.17, 15) is 4.79 Å². The molecule has 0 aromatic heterocycles. The first-order valence-electron chi connectivity index (χ1n) is 13.2. The predicted octanol–water partition coefficient (Wildman–Crippen LogP) is 6.39. The highest BCUT2D eigenvalue weighted by Gasteiger charge is 2.22. The van der Waals surface area contributed by atoms with Crippen molar-refractivity contribution < 1.29 is 33.2 Å². The Labute approximate surface area is 246 Å². The van der Waals surface area contributed by atoms with Crippen LogP contribution < -0.4 is 39.1 Å². The van der Waals surface area contributed by atoms with Gasteiger partial charge in [0.2, 0.25) is 0 Å². The number of benzene rings is 4. The Morgan fingerprint density at radius 1 is 0.500 bits per heavy atom. The van der Waals surface area contributed by atoms with Crippen LogP contribution in [0.5, 0.6) is 34.5 Å². The van der Waals surface area contributed by atoms with Crippen LogP contribution in [-0.2, 0) is 0 Å². The molecule has 9 nitrogen and oxygen atoms in total. The minimum atomic E-state index is -0.149. The number of methoxy groups -OCH3 is 6. The molecule has 42 heavy (non-hydrogen) atoms. The largest absolute Gasteiger partial charge is 0.496 e. The maximum atomic E-state index is 13.9. The number of nitrogens with one attached hydrogen (secondary N) is 2. The number of ether oxygens (including phenoxy) is 6. The van der Waals surface area contributed by atoms with E-state index in [0.29, 0.717) is 57.0 Å². The van der Waals surface area contributed by atoms with E-state index in [1.165, 1.54) is 0 Å². The highest BCUT2D eigenvalue weighted by Crippen LogP contribution is 2.45. The van der Waals surface area contributed by atoms with E-state index in [0.717, 1.165) is 22.3 Å². The van der Waals surface area contributed by atoms with Gasteiger partial charge >= 0.3 is 0 Å². The van der Waals surface area contributed by atoms with Crippen molar-refractivity contribution in [1.82, 2.24) is 0 Å². The third-order valence-corrected chi connectivity index (χ3v) is 7.07. The third-order valence-electron chi connectivity index (χ3n) is 7.07. The van der Waals surface area contributed by atoms with Crippen LogP contribution in [0.4, 0.5) is 11.4 Å². The highest BCUT2D eigenvalue weighted by molar-refractivity contribution is 6.16. The fourth-order valence-electron chi connectivity index (χ4n) is 4.93. The normalized spacial score (nSPS) is 10.5. The first-order chi connectivity index (χ1) is 20.4. The van der Waals surface area contributed by atoms with Gasteiger partial charge in [-0.3, -0.25) is 4.79 Å². The summed E-state index contributed by atoms with van der Waals surface area (Å²) >= 11 is 0. The molecular formula is C33H36N2O7. The molecule has 4 rings (SSSR count). The van der Waals surface area contributed by atoms with Crippen molar-refractivity contribution in [3.8, 4) is 56.8 Å². The number of rotatable bonds is 12. The molecule has 0 heterocycles. The van der Waals surface area contributed by atoms with Crippen LogP contribution in [-0.4, -0.2) is 62.5 Å². The van der Waals surface area contributed by atoms with E-state index in [-0.39, 0.29) is 5.78 Å². The van der Waals surface area contributed by atoms with Crippen molar-refractivity contribution in [2.24, 2.45) is 0 Å². The number of anilines is 2. The van der Waals surface area contributed by atoms with Crippen molar-refractivity contribution in [3.05, 3.63) is 71.8 Å². The van der Waals surface area contributed by atoms with Gasteiger partial charge in [0.25, 0.3) is 0 Å². The number of ketones is 1. The van der Waals surface area contributed by atoms with E-state index in [1.807, 2.05) is 24.3 Å². The molecule has 0 saturated carbocycles. The zero-order valence-corrected chi connectivity index (χ0v) is 25.1. The number of hydrogen-bond donors (Lipinski definition) is 2. The molecule has 0 saturated heterocycles. The molecule has 220 valence electrons. The summed E-state index contributed by atoms with van der Waals surface area (Å²) in [6, 6.07) is 18.3. The van der Waals surface area contributed by atoms with Crippen LogP contribution in [0.1, 0.15) is 15.9 Å². The number of carbonyl (C=O) groups excluding carboxylic acids is 1. The summed E-state index contributed by atoms with van der Waals surface area (Å²) in [7, 11) is 13.1. The van der Waals surface area contributed by atoms with Gasteiger partial charge in [0.05, 0.1) is 53.8 Å². The monoisotopic (exact) mass is 572 g/mol. The van der Waals surface area contributed by atoms with Gasteiger partial charge in [-0.15, -0.1) is 0 Å². The van der Waals surface area contributed by atoms with Gasteiger partial charge in [0, 0.05) is 60.9 Å². The van der Waals surface area contributed by atoms with E-state index in [4.69, 9.17) is 28.4 Å². The quantitative estimate of drug-likeness (QED) is 0.187. The second kappa shape index (κ2) is 13.1. The SMILES string of the molecule is CNc1cc(-c2c(OC)cc(OC)cc2OC)ccc1C(=O)c1ccc(-c2c(OC)cc(OC)cc2OC)cc1NC. The van der Waals surface area contributed by atoms with Gasteiger partial charge in [-0.05, 0) is 35.4 Å². The van der Waals surface area contributed by atoms with Crippen molar-refractivity contribution in [2.45, 2.75) is 0 Å². The lowest BCUT2D eigenvalue weighted by atomic mass is 9.93. The molecule has 0 amide bonds. The first-order valence-corrected chi connectivity index (χ1v) is 13.2. The molecule has 4 aromatic rings. The highest BCUT2D eigenvalue weighted by atomic mass is 16.5. The Morgan fingerprint density at radius 3 is 1.10 bits per heavy atom. The Bertz CT molecular complexity index is 1430. The molecule has 2 N–H and O–H groups in total. The smallest absolute Gasteiger partial charge is 0.197 e. The van der Waals surface area contributed by atoms with Gasteiger partial charge in [-0.25, -0.2) is 0 Å². The van der Waals surface area contributed by atoms with Crippen molar-refractivity contribution in [1.29, 1.82) is 0 Å². The summed E-state index contributed by atoms with van der Waals surface area (Å²) in [5.41, 5.74) is 5.46. The molecule has 0 aliphatic heterocycles. The molecule has 0 fully saturated rings. The molecule has 0 bridgehead atoms. The molecule has 0 spiro atoms. The average molecular weight is 573 g/mol. The molecule has 0 aliphatic carbocycles. The summed E-state index contributed by atoms with van der Waals surface area (Å²) < 4.78 is 33.4. The van der Waals surface area contributed by atoms with Gasteiger partial charge in [-0.2, -0.15) is 0 Å². The zero-order chi connectivity index (χ0) is 30.4. The minimum absolute atomic E-state index is 0.149. The lowest BCUT2D eigenvalue weighted by molar-refractivity contribution is 0.104. The molecule has 0 unspecified atom stereocenters. The van der Waals surface area contributed by atoms with Gasteiger partial charge in [-0.1, -0.05) is 12.1 Å². The fourth-order valence-corrected chi connectivity index (χ4v) is 4.93. The van der Waals surface area contributed by atoms with Crippen LogP contribution in [0, 0.1) is 0 Å². The first kappa shape index (κ1) is 29.9. The summed E-state index contributed by atoms with van der Waals surface area (Å²) in [4.78, 5) is 13.9. The van der Waals surface area contributed by atoms with E-state index < -0.39 is 0 Å². The lowest BCUT2D eigenvalue weighted by Gasteiger charge is -2.18. The van der Waals surface area contributed by atoms with E-state index in [1.54, 1.807) is 93.2 Å². The fraction of sp³-hybridized carbons (Fsp3) is 0.242. The van der Waals surface area contributed by atoms with Gasteiger partial charge in [0.15, 0.2) is 5.78 Å². The zero-order valence-electron chi connectivity index (χ0n) is 25.1. The maximum Gasteiger partial charge on any atom is 0.197 e. The summed E-state index contributed by atoms with van der Waals surface area (Å²) in [6.07, 6.45) is 0. The van der Waals surface area contributed by atoms with Crippen LogP contribution in [0.3, 0.4) is 0 Å².